The average molecular weight is 379 g/mol. The van der Waals surface area contributed by atoms with E-state index in [-0.39, 0.29) is 5.75 Å². The van der Waals surface area contributed by atoms with Gasteiger partial charge in [-0.1, -0.05) is 0 Å². The Labute approximate surface area is 152 Å². The molecule has 8 heteroatoms. The number of amides is 1. The lowest BCUT2D eigenvalue weighted by Gasteiger charge is -2.10. The van der Waals surface area contributed by atoms with Gasteiger partial charge in [0, 0.05) is 11.1 Å². The second kappa shape index (κ2) is 7.22. The summed E-state index contributed by atoms with van der Waals surface area (Å²) in [7, 11) is 1.52. The molecule has 5 nitrogen and oxygen atoms in total. The van der Waals surface area contributed by atoms with E-state index in [1.807, 2.05) is 0 Å². The van der Waals surface area contributed by atoms with E-state index in [1.165, 1.54) is 31.4 Å². The van der Waals surface area contributed by atoms with Crippen LogP contribution >= 0.6 is 0 Å². The topological polar surface area (TPSA) is 60.7 Å². The predicted octanol–water partition coefficient (Wildman–Crippen LogP) is 4.94. The quantitative estimate of drug-likeness (QED) is 0.682. The van der Waals surface area contributed by atoms with Crippen molar-refractivity contribution in [3.63, 3.8) is 0 Å². The SMILES string of the molecule is COc1ccc2oc(C)c(C(=O)Nc3ccc(OCC(F)(F)F)cc3)c2c1. The van der Waals surface area contributed by atoms with Crippen LogP contribution in [0.1, 0.15) is 16.1 Å². The molecule has 1 aromatic heterocycles. The molecule has 2 aromatic carbocycles. The Morgan fingerprint density at radius 2 is 1.78 bits per heavy atom. The number of carbonyl (C=O) groups excluding carboxylic acids is 1. The fourth-order valence-corrected chi connectivity index (χ4v) is 2.60. The van der Waals surface area contributed by atoms with Gasteiger partial charge in [0.15, 0.2) is 6.61 Å². The van der Waals surface area contributed by atoms with Crippen LogP contribution in [-0.4, -0.2) is 25.8 Å². The first-order valence-corrected chi connectivity index (χ1v) is 7.95. The first-order chi connectivity index (χ1) is 12.8. The molecule has 0 aliphatic rings. The molecule has 0 bridgehead atoms. The molecule has 0 radical (unpaired) electrons. The van der Waals surface area contributed by atoms with Crippen LogP contribution in [0.5, 0.6) is 11.5 Å². The largest absolute Gasteiger partial charge is 0.497 e. The van der Waals surface area contributed by atoms with Gasteiger partial charge < -0.3 is 19.2 Å². The molecular formula is C19H16F3NO4. The van der Waals surface area contributed by atoms with Crippen LogP contribution < -0.4 is 14.8 Å². The number of ether oxygens (including phenoxy) is 2. The van der Waals surface area contributed by atoms with Gasteiger partial charge in [0.05, 0.1) is 12.7 Å². The smallest absolute Gasteiger partial charge is 0.422 e. The lowest BCUT2D eigenvalue weighted by molar-refractivity contribution is -0.153. The summed E-state index contributed by atoms with van der Waals surface area (Å²) in [4.78, 5) is 12.7. The molecule has 0 spiro atoms. The number of benzene rings is 2. The van der Waals surface area contributed by atoms with Crippen LogP contribution in [0.2, 0.25) is 0 Å². The normalized spacial score (nSPS) is 11.4. The van der Waals surface area contributed by atoms with Gasteiger partial charge in [-0.25, -0.2) is 0 Å². The maximum atomic E-state index is 12.7. The highest BCUT2D eigenvalue weighted by molar-refractivity contribution is 6.13. The van der Waals surface area contributed by atoms with Gasteiger partial charge in [0.25, 0.3) is 5.91 Å². The Kier molecular flexibility index (Phi) is 4.98. The molecule has 1 amide bonds. The van der Waals surface area contributed by atoms with Gasteiger partial charge >= 0.3 is 6.18 Å². The minimum Gasteiger partial charge on any atom is -0.497 e. The van der Waals surface area contributed by atoms with E-state index >= 15 is 0 Å². The van der Waals surface area contributed by atoms with E-state index in [4.69, 9.17) is 9.15 Å². The highest BCUT2D eigenvalue weighted by Gasteiger charge is 2.28. The van der Waals surface area contributed by atoms with Crippen LogP contribution in [-0.2, 0) is 0 Å². The van der Waals surface area contributed by atoms with Crippen LogP contribution in [0, 0.1) is 6.92 Å². The number of anilines is 1. The number of aryl methyl sites for hydroxylation is 1. The predicted molar refractivity (Wildman–Crippen MR) is 93.4 cm³/mol. The van der Waals surface area contributed by atoms with Crippen molar-refractivity contribution >= 4 is 22.6 Å². The third-order valence-corrected chi connectivity index (χ3v) is 3.81. The van der Waals surface area contributed by atoms with E-state index in [0.717, 1.165) is 0 Å². The number of methoxy groups -OCH3 is 1. The van der Waals surface area contributed by atoms with Gasteiger partial charge in [-0.15, -0.1) is 0 Å². The summed E-state index contributed by atoms with van der Waals surface area (Å²) < 4.78 is 51.9. The van der Waals surface area contributed by atoms with E-state index in [1.54, 1.807) is 25.1 Å². The molecule has 0 atom stereocenters. The number of furan rings is 1. The van der Waals surface area contributed by atoms with Crippen molar-refractivity contribution in [3.8, 4) is 11.5 Å². The van der Waals surface area contributed by atoms with Crippen LogP contribution in [0.4, 0.5) is 18.9 Å². The van der Waals surface area contributed by atoms with Crippen molar-refractivity contribution in [2.75, 3.05) is 19.0 Å². The third-order valence-electron chi connectivity index (χ3n) is 3.81. The number of halogens is 3. The van der Waals surface area contributed by atoms with E-state index in [9.17, 15) is 18.0 Å². The second-order valence-electron chi connectivity index (χ2n) is 5.78. The average Bonchev–Trinajstić information content (AvgIpc) is 2.95. The molecular weight excluding hydrogens is 363 g/mol. The minimum atomic E-state index is -4.41. The summed E-state index contributed by atoms with van der Waals surface area (Å²) in [6.07, 6.45) is -4.41. The lowest BCUT2D eigenvalue weighted by Crippen LogP contribution is -2.19. The Bertz CT molecular complexity index is 961. The molecule has 0 aliphatic heterocycles. The highest BCUT2D eigenvalue weighted by atomic mass is 19.4. The molecule has 3 rings (SSSR count). The summed E-state index contributed by atoms with van der Waals surface area (Å²) >= 11 is 0. The second-order valence-corrected chi connectivity index (χ2v) is 5.78. The van der Waals surface area contributed by atoms with Crippen molar-refractivity contribution in [1.82, 2.24) is 0 Å². The fourth-order valence-electron chi connectivity index (χ4n) is 2.60. The highest BCUT2D eigenvalue weighted by Crippen LogP contribution is 2.30. The van der Waals surface area contributed by atoms with Crippen LogP contribution in [0.3, 0.4) is 0 Å². The Morgan fingerprint density at radius 3 is 2.41 bits per heavy atom. The zero-order valence-corrected chi connectivity index (χ0v) is 14.5. The van der Waals surface area contributed by atoms with Crippen molar-refractivity contribution in [1.29, 1.82) is 0 Å². The monoisotopic (exact) mass is 379 g/mol. The molecule has 142 valence electrons. The molecule has 0 fully saturated rings. The number of hydrogen-bond donors (Lipinski definition) is 1. The van der Waals surface area contributed by atoms with Crippen LogP contribution in [0.25, 0.3) is 11.0 Å². The third kappa shape index (κ3) is 4.33. The van der Waals surface area contributed by atoms with Crippen molar-refractivity contribution in [2.45, 2.75) is 13.1 Å². The van der Waals surface area contributed by atoms with Gasteiger partial charge in [-0.3, -0.25) is 4.79 Å². The number of fused-ring (bicyclic) bond motifs is 1. The number of carbonyl (C=O) groups is 1. The number of hydrogen-bond acceptors (Lipinski definition) is 4. The minimum absolute atomic E-state index is 0.0556. The standard InChI is InChI=1S/C19H16F3NO4/c1-11-17(15-9-14(25-2)7-8-16(15)27-11)18(24)23-12-3-5-13(6-4-12)26-10-19(20,21)22/h3-9H,10H2,1-2H3,(H,23,24). The summed E-state index contributed by atoms with van der Waals surface area (Å²) in [5.41, 5.74) is 1.33. The summed E-state index contributed by atoms with van der Waals surface area (Å²) in [5.74, 6) is 0.688. The molecule has 0 saturated carbocycles. The van der Waals surface area contributed by atoms with Gasteiger partial charge in [-0.2, -0.15) is 13.2 Å². The van der Waals surface area contributed by atoms with Crippen molar-refractivity contribution in [2.24, 2.45) is 0 Å². The number of rotatable bonds is 5. The maximum Gasteiger partial charge on any atom is 0.422 e. The Balaban J connectivity index is 1.77. The number of alkyl halides is 3. The van der Waals surface area contributed by atoms with E-state index in [2.05, 4.69) is 10.1 Å². The molecule has 0 aliphatic carbocycles. The van der Waals surface area contributed by atoms with E-state index in [0.29, 0.717) is 33.7 Å². The lowest BCUT2D eigenvalue weighted by atomic mass is 10.1. The molecule has 1 N–H and O–H groups in total. The van der Waals surface area contributed by atoms with E-state index < -0.39 is 18.7 Å². The zero-order valence-electron chi connectivity index (χ0n) is 14.5. The Hall–Kier alpha value is -3.16. The van der Waals surface area contributed by atoms with Gasteiger partial charge in [0.2, 0.25) is 0 Å². The summed E-state index contributed by atoms with van der Waals surface area (Å²) in [6.45, 7) is 0.302. The fraction of sp³-hybridized carbons (Fsp3) is 0.211. The first-order valence-electron chi connectivity index (χ1n) is 7.95. The molecule has 1 heterocycles. The molecule has 0 unspecified atom stereocenters. The molecule has 0 saturated heterocycles. The van der Waals surface area contributed by atoms with Crippen LogP contribution in [0.15, 0.2) is 46.9 Å². The van der Waals surface area contributed by atoms with Crippen molar-refractivity contribution in [3.05, 3.63) is 53.8 Å². The molecule has 3 aromatic rings. The van der Waals surface area contributed by atoms with Gasteiger partial charge in [-0.05, 0) is 49.4 Å². The summed E-state index contributed by atoms with van der Waals surface area (Å²) in [5, 5.41) is 3.30. The maximum absolute atomic E-state index is 12.7. The zero-order chi connectivity index (χ0) is 19.6. The van der Waals surface area contributed by atoms with Crippen molar-refractivity contribution < 1.29 is 31.9 Å². The first kappa shape index (κ1) is 18.6. The Morgan fingerprint density at radius 1 is 1.11 bits per heavy atom. The summed E-state index contributed by atoms with van der Waals surface area (Å²) in [6, 6.07) is 10.8. The molecule has 27 heavy (non-hydrogen) atoms. The van der Waals surface area contributed by atoms with Gasteiger partial charge in [0.1, 0.15) is 22.8 Å². The number of nitrogens with one attached hydrogen (secondary N) is 1.